The second-order valence-electron chi connectivity index (χ2n) is 5.44. The molecule has 22 heavy (non-hydrogen) atoms. The van der Waals surface area contributed by atoms with E-state index in [0.29, 0.717) is 11.4 Å². The molecule has 2 heterocycles. The Morgan fingerprint density at radius 1 is 1.14 bits per heavy atom. The Labute approximate surface area is 130 Å². The van der Waals surface area contributed by atoms with Crippen LogP contribution >= 0.6 is 11.8 Å². The van der Waals surface area contributed by atoms with Crippen LogP contribution in [0.4, 0.5) is 8.78 Å². The smallest absolute Gasteiger partial charge is 0.160 e. The third-order valence-electron chi connectivity index (χ3n) is 3.93. The second kappa shape index (κ2) is 5.05. The van der Waals surface area contributed by atoms with E-state index in [9.17, 15) is 8.78 Å². The van der Waals surface area contributed by atoms with E-state index >= 15 is 0 Å². The van der Waals surface area contributed by atoms with Gasteiger partial charge in [-0.2, -0.15) is 5.10 Å². The van der Waals surface area contributed by atoms with Gasteiger partial charge in [-0.25, -0.2) is 8.78 Å². The zero-order chi connectivity index (χ0) is 15.3. The Morgan fingerprint density at radius 2 is 1.91 bits per heavy atom. The summed E-state index contributed by atoms with van der Waals surface area (Å²) in [7, 11) is 0. The summed E-state index contributed by atoms with van der Waals surface area (Å²) in [4.78, 5) is 0. The molecule has 0 bridgehead atoms. The minimum atomic E-state index is -0.815. The van der Waals surface area contributed by atoms with Gasteiger partial charge in [-0.1, -0.05) is 0 Å². The highest BCUT2D eigenvalue weighted by Crippen LogP contribution is 2.43. The lowest BCUT2D eigenvalue weighted by molar-refractivity contribution is 0.510. The van der Waals surface area contributed by atoms with Crippen molar-refractivity contribution in [2.24, 2.45) is 0 Å². The SMILES string of the molecule is CSc1cc(-c2cc3cc(F)c(F)cc3n2C2CC2)cnn1. The molecule has 4 rings (SSSR count). The first-order chi connectivity index (χ1) is 10.7. The summed E-state index contributed by atoms with van der Waals surface area (Å²) in [5, 5.41) is 9.60. The van der Waals surface area contributed by atoms with Gasteiger partial charge in [-0.15, -0.1) is 16.9 Å². The van der Waals surface area contributed by atoms with Crippen LogP contribution in [0.15, 0.2) is 35.5 Å². The van der Waals surface area contributed by atoms with Gasteiger partial charge in [-0.05, 0) is 37.3 Å². The number of fused-ring (bicyclic) bond motifs is 1. The number of aromatic nitrogens is 3. The third kappa shape index (κ3) is 2.18. The fourth-order valence-corrected chi connectivity index (χ4v) is 3.13. The number of benzene rings is 1. The van der Waals surface area contributed by atoms with Crippen molar-refractivity contribution < 1.29 is 8.78 Å². The molecular formula is C16H13F2N3S. The number of nitrogens with zero attached hydrogens (tertiary/aromatic N) is 3. The molecule has 0 atom stereocenters. The molecule has 0 spiro atoms. The summed E-state index contributed by atoms with van der Waals surface area (Å²) in [6.45, 7) is 0. The maximum Gasteiger partial charge on any atom is 0.160 e. The molecular weight excluding hydrogens is 304 g/mol. The van der Waals surface area contributed by atoms with E-state index in [1.807, 2.05) is 18.4 Å². The van der Waals surface area contributed by atoms with Gasteiger partial charge in [-0.3, -0.25) is 0 Å². The highest BCUT2D eigenvalue weighted by molar-refractivity contribution is 7.98. The Bertz CT molecular complexity index is 871. The lowest BCUT2D eigenvalue weighted by atomic mass is 10.2. The monoisotopic (exact) mass is 317 g/mol. The summed E-state index contributed by atoms with van der Waals surface area (Å²) in [5.41, 5.74) is 2.59. The average molecular weight is 317 g/mol. The van der Waals surface area contributed by atoms with Gasteiger partial charge in [0.05, 0.1) is 17.4 Å². The summed E-state index contributed by atoms with van der Waals surface area (Å²) in [5.74, 6) is -1.62. The van der Waals surface area contributed by atoms with Crippen LogP contribution in [0.3, 0.4) is 0 Å². The number of hydrogen-bond acceptors (Lipinski definition) is 3. The van der Waals surface area contributed by atoms with Gasteiger partial charge in [0.1, 0.15) is 5.03 Å². The van der Waals surface area contributed by atoms with Crippen LogP contribution in [0.1, 0.15) is 18.9 Å². The topological polar surface area (TPSA) is 30.7 Å². The van der Waals surface area contributed by atoms with Crippen molar-refractivity contribution in [2.75, 3.05) is 6.26 Å². The zero-order valence-corrected chi connectivity index (χ0v) is 12.7. The van der Waals surface area contributed by atoms with Crippen LogP contribution in [0, 0.1) is 11.6 Å². The molecule has 3 aromatic rings. The van der Waals surface area contributed by atoms with E-state index in [0.717, 1.165) is 34.6 Å². The fourth-order valence-electron chi connectivity index (χ4n) is 2.76. The lowest BCUT2D eigenvalue weighted by Gasteiger charge is -2.10. The fraction of sp³-hybridized carbons (Fsp3) is 0.250. The molecule has 1 aromatic carbocycles. The standard InChI is InChI=1S/C16H13F2N3S/c1-22-16-6-10(8-19-20-16)14-5-9-4-12(17)13(18)7-15(9)21(14)11-2-3-11/h4-8,11H,2-3H2,1H3. The second-order valence-corrected chi connectivity index (χ2v) is 6.27. The quantitative estimate of drug-likeness (QED) is 0.669. The molecule has 0 amide bonds. The van der Waals surface area contributed by atoms with Crippen molar-refractivity contribution in [2.45, 2.75) is 23.9 Å². The number of thioether (sulfide) groups is 1. The first-order valence-electron chi connectivity index (χ1n) is 7.04. The first-order valence-corrected chi connectivity index (χ1v) is 8.27. The predicted molar refractivity (Wildman–Crippen MR) is 82.9 cm³/mol. The van der Waals surface area contributed by atoms with Crippen molar-refractivity contribution in [3.63, 3.8) is 0 Å². The van der Waals surface area contributed by atoms with Crippen molar-refractivity contribution in [1.82, 2.24) is 14.8 Å². The maximum atomic E-state index is 13.6. The van der Waals surface area contributed by atoms with E-state index in [1.165, 1.54) is 23.9 Å². The van der Waals surface area contributed by atoms with Crippen LogP contribution in [-0.4, -0.2) is 21.0 Å². The summed E-state index contributed by atoms with van der Waals surface area (Å²) >= 11 is 1.52. The van der Waals surface area contributed by atoms with E-state index in [4.69, 9.17) is 0 Å². The third-order valence-corrected chi connectivity index (χ3v) is 4.55. The van der Waals surface area contributed by atoms with E-state index < -0.39 is 11.6 Å². The minimum Gasteiger partial charge on any atom is -0.337 e. The van der Waals surface area contributed by atoms with Crippen molar-refractivity contribution in [3.05, 3.63) is 42.1 Å². The van der Waals surface area contributed by atoms with Crippen molar-refractivity contribution in [1.29, 1.82) is 0 Å². The molecule has 3 nitrogen and oxygen atoms in total. The maximum absolute atomic E-state index is 13.6. The molecule has 6 heteroatoms. The molecule has 0 unspecified atom stereocenters. The van der Waals surface area contributed by atoms with Crippen LogP contribution in [0.2, 0.25) is 0 Å². The van der Waals surface area contributed by atoms with Gasteiger partial charge in [0.15, 0.2) is 11.6 Å². The van der Waals surface area contributed by atoms with E-state index in [2.05, 4.69) is 14.8 Å². The molecule has 1 aliphatic carbocycles. The van der Waals surface area contributed by atoms with Gasteiger partial charge >= 0.3 is 0 Å². The molecule has 1 fully saturated rings. The molecule has 0 N–H and O–H groups in total. The van der Waals surface area contributed by atoms with Crippen LogP contribution in [-0.2, 0) is 0 Å². The first kappa shape index (κ1) is 13.7. The number of rotatable bonds is 3. The molecule has 1 saturated carbocycles. The van der Waals surface area contributed by atoms with Crippen LogP contribution < -0.4 is 0 Å². The van der Waals surface area contributed by atoms with Gasteiger partial charge in [0, 0.05) is 23.1 Å². The van der Waals surface area contributed by atoms with Crippen molar-refractivity contribution >= 4 is 22.7 Å². The van der Waals surface area contributed by atoms with E-state index in [1.54, 1.807) is 6.20 Å². The van der Waals surface area contributed by atoms with Crippen LogP contribution in [0.25, 0.3) is 22.2 Å². The van der Waals surface area contributed by atoms with E-state index in [-0.39, 0.29) is 0 Å². The Kier molecular flexibility index (Phi) is 3.14. The summed E-state index contributed by atoms with van der Waals surface area (Å²) in [6, 6.07) is 6.76. The number of halogens is 2. The molecule has 0 aliphatic heterocycles. The highest BCUT2D eigenvalue weighted by Gasteiger charge is 2.28. The summed E-state index contributed by atoms with van der Waals surface area (Å²) < 4.78 is 29.2. The highest BCUT2D eigenvalue weighted by atomic mass is 32.2. The Balaban J connectivity index is 1.98. The van der Waals surface area contributed by atoms with Crippen LogP contribution in [0.5, 0.6) is 0 Å². The van der Waals surface area contributed by atoms with Gasteiger partial charge < -0.3 is 4.57 Å². The lowest BCUT2D eigenvalue weighted by Crippen LogP contribution is -1.98. The largest absolute Gasteiger partial charge is 0.337 e. The normalized spacial score (nSPS) is 14.7. The molecule has 0 radical (unpaired) electrons. The summed E-state index contributed by atoms with van der Waals surface area (Å²) in [6.07, 6.45) is 5.75. The Morgan fingerprint density at radius 3 is 2.64 bits per heavy atom. The molecule has 0 saturated heterocycles. The number of hydrogen-bond donors (Lipinski definition) is 0. The predicted octanol–water partition coefficient (Wildman–Crippen LogP) is 4.43. The van der Waals surface area contributed by atoms with Crippen molar-refractivity contribution in [3.8, 4) is 11.3 Å². The molecule has 112 valence electrons. The van der Waals surface area contributed by atoms with Gasteiger partial charge in [0.2, 0.25) is 0 Å². The average Bonchev–Trinajstić information content (AvgIpc) is 3.30. The minimum absolute atomic E-state index is 0.350. The molecule has 1 aliphatic rings. The molecule has 2 aromatic heterocycles. The zero-order valence-electron chi connectivity index (χ0n) is 11.9. The Hall–Kier alpha value is -1.95. The van der Waals surface area contributed by atoms with Gasteiger partial charge in [0.25, 0.3) is 0 Å².